The Morgan fingerprint density at radius 2 is 1.97 bits per heavy atom. The molecule has 2 atom stereocenters. The molecule has 155 valence electrons. The number of carbonyl (C=O) groups is 2. The minimum Gasteiger partial charge on any atom is -0.439 e. The van der Waals surface area contributed by atoms with Crippen molar-refractivity contribution in [3.63, 3.8) is 0 Å². The van der Waals surface area contributed by atoms with Gasteiger partial charge in [0, 0.05) is 34.9 Å². The van der Waals surface area contributed by atoms with Crippen LogP contribution in [0.15, 0.2) is 43.1 Å². The first-order valence-electron chi connectivity index (χ1n) is 10.2. The van der Waals surface area contributed by atoms with Gasteiger partial charge in [0.1, 0.15) is 0 Å². The molecule has 0 bridgehead atoms. The first-order valence-corrected chi connectivity index (χ1v) is 10.2. The molecule has 2 aromatic rings. The van der Waals surface area contributed by atoms with Crippen LogP contribution in [0.4, 0.5) is 0 Å². The molecule has 0 spiro atoms. The van der Waals surface area contributed by atoms with E-state index in [0.29, 0.717) is 12.8 Å². The number of aromatic amines is 1. The van der Waals surface area contributed by atoms with Gasteiger partial charge in [-0.3, -0.25) is 9.69 Å². The van der Waals surface area contributed by atoms with E-state index in [9.17, 15) is 9.59 Å². The number of hydrogen-bond donors (Lipinski definition) is 1. The van der Waals surface area contributed by atoms with E-state index >= 15 is 0 Å². The molecule has 2 aliphatic rings. The minimum absolute atomic E-state index is 0.124. The number of para-hydroxylation sites is 1. The molecule has 1 aliphatic carbocycles. The van der Waals surface area contributed by atoms with Gasteiger partial charge in [-0.2, -0.15) is 0 Å². The Balaban J connectivity index is 1.82. The van der Waals surface area contributed by atoms with Gasteiger partial charge >= 0.3 is 5.97 Å². The number of benzene rings is 1. The van der Waals surface area contributed by atoms with Crippen LogP contribution in [-0.2, 0) is 20.7 Å². The van der Waals surface area contributed by atoms with Gasteiger partial charge in [-0.05, 0) is 43.7 Å². The normalized spacial score (nSPS) is 25.1. The van der Waals surface area contributed by atoms with Gasteiger partial charge < -0.3 is 9.72 Å². The number of hydrogen-bond acceptors (Lipinski definition) is 3. The standard InChI is InChI=1S/C25H27N2O3/c1-5-14-25(15-18-16-26-20-13-9-8-12-19(18)20)23(29)30-21(17-10-6-7-11-17)27(25)22(28)24(2,3)4/h5-13,16,21,26H,1,14-15H2,2-4H3/t21-,25-/m1/s1. The number of aromatic nitrogens is 1. The van der Waals surface area contributed by atoms with Crippen molar-refractivity contribution in [2.75, 3.05) is 0 Å². The number of amides is 1. The summed E-state index contributed by atoms with van der Waals surface area (Å²) in [5.74, 6) is 0.281. The zero-order chi connectivity index (χ0) is 21.5. The highest BCUT2D eigenvalue weighted by Gasteiger charge is 2.60. The van der Waals surface area contributed by atoms with Crippen molar-refractivity contribution in [1.82, 2.24) is 9.88 Å². The number of nitrogens with zero attached hydrogens (tertiary/aromatic N) is 1. The van der Waals surface area contributed by atoms with Gasteiger partial charge in [0.15, 0.2) is 11.8 Å². The number of rotatable bonds is 5. The minimum atomic E-state index is -1.15. The summed E-state index contributed by atoms with van der Waals surface area (Å²) < 4.78 is 5.87. The smallest absolute Gasteiger partial charge is 0.334 e. The second-order valence-electron chi connectivity index (χ2n) is 8.96. The van der Waals surface area contributed by atoms with Crippen molar-refractivity contribution in [3.05, 3.63) is 80.3 Å². The number of nitrogens with one attached hydrogen (secondary N) is 1. The van der Waals surface area contributed by atoms with Crippen molar-refractivity contribution in [1.29, 1.82) is 0 Å². The van der Waals surface area contributed by atoms with Crippen LogP contribution in [0.3, 0.4) is 0 Å². The lowest BCUT2D eigenvalue weighted by atomic mass is 9.82. The molecule has 30 heavy (non-hydrogen) atoms. The van der Waals surface area contributed by atoms with Crippen LogP contribution < -0.4 is 0 Å². The van der Waals surface area contributed by atoms with E-state index in [0.717, 1.165) is 22.4 Å². The van der Waals surface area contributed by atoms with Crippen LogP contribution in [-0.4, -0.2) is 33.5 Å². The summed E-state index contributed by atoms with van der Waals surface area (Å²) in [5.41, 5.74) is 0.137. The van der Waals surface area contributed by atoms with E-state index in [1.165, 1.54) is 0 Å². The maximum absolute atomic E-state index is 13.7. The summed E-state index contributed by atoms with van der Waals surface area (Å²) >= 11 is 0. The van der Waals surface area contributed by atoms with Gasteiger partial charge in [0.25, 0.3) is 0 Å². The van der Waals surface area contributed by atoms with Gasteiger partial charge in [-0.15, -0.1) is 6.58 Å². The summed E-state index contributed by atoms with van der Waals surface area (Å²) in [5, 5.41) is 1.04. The Kier molecular flexibility index (Phi) is 5.25. The topological polar surface area (TPSA) is 62.4 Å². The molecule has 2 heterocycles. The maximum atomic E-state index is 13.7. The molecule has 1 aromatic carbocycles. The Morgan fingerprint density at radius 1 is 1.27 bits per heavy atom. The first kappa shape index (κ1) is 20.7. The average Bonchev–Trinajstić information content (AvgIpc) is 3.41. The van der Waals surface area contributed by atoms with E-state index in [4.69, 9.17) is 4.74 Å². The number of carbonyl (C=O) groups excluding carboxylic acids is 2. The summed E-state index contributed by atoms with van der Waals surface area (Å²) in [6.07, 6.45) is 11.1. The van der Waals surface area contributed by atoms with Gasteiger partial charge in [0.05, 0.1) is 0 Å². The summed E-state index contributed by atoms with van der Waals surface area (Å²) in [6, 6.07) is 7.95. The molecule has 5 heteroatoms. The van der Waals surface area contributed by atoms with Crippen LogP contribution in [0.5, 0.6) is 0 Å². The molecular formula is C25H27N2O3. The monoisotopic (exact) mass is 403 g/mol. The van der Waals surface area contributed by atoms with Crippen molar-refractivity contribution in [2.24, 2.45) is 5.41 Å². The third-order valence-corrected chi connectivity index (χ3v) is 5.77. The molecule has 1 aromatic heterocycles. The third-order valence-electron chi connectivity index (χ3n) is 5.77. The zero-order valence-corrected chi connectivity index (χ0v) is 17.6. The van der Waals surface area contributed by atoms with Gasteiger partial charge in [-0.1, -0.05) is 45.0 Å². The van der Waals surface area contributed by atoms with Crippen LogP contribution >= 0.6 is 0 Å². The lowest BCUT2D eigenvalue weighted by molar-refractivity contribution is -0.149. The average molecular weight is 404 g/mol. The number of esters is 1. The van der Waals surface area contributed by atoms with Crippen LogP contribution in [0, 0.1) is 37.0 Å². The van der Waals surface area contributed by atoms with Crippen molar-refractivity contribution in [3.8, 4) is 0 Å². The molecule has 1 N–H and O–H groups in total. The SMILES string of the molecule is C=CC[C@@]1(Cc2c[nH]c3ccccc23)C(=O)O[C@H]([C]2[CH][CH][CH][CH]2)N1C(=O)C(C)(C)C. The fraction of sp³-hybridized carbons (Fsp3) is 0.320. The zero-order valence-electron chi connectivity index (χ0n) is 17.6. The highest BCUT2D eigenvalue weighted by Crippen LogP contribution is 2.44. The van der Waals surface area contributed by atoms with E-state index < -0.39 is 23.2 Å². The first-order chi connectivity index (χ1) is 14.3. The van der Waals surface area contributed by atoms with E-state index in [2.05, 4.69) is 11.6 Å². The molecule has 0 unspecified atom stereocenters. The predicted molar refractivity (Wildman–Crippen MR) is 116 cm³/mol. The Labute approximate surface area is 178 Å². The van der Waals surface area contributed by atoms with Crippen LogP contribution in [0.1, 0.15) is 32.8 Å². The summed E-state index contributed by atoms with van der Waals surface area (Å²) in [7, 11) is 0. The van der Waals surface area contributed by atoms with Gasteiger partial charge in [0.2, 0.25) is 5.91 Å². The molecule has 1 saturated carbocycles. The summed E-state index contributed by atoms with van der Waals surface area (Å²) in [4.78, 5) is 32.0. The van der Waals surface area contributed by atoms with E-state index in [1.54, 1.807) is 11.0 Å². The second-order valence-corrected chi connectivity index (χ2v) is 8.96. The Morgan fingerprint density at radius 3 is 2.63 bits per heavy atom. The summed E-state index contributed by atoms with van der Waals surface area (Å²) in [6.45, 7) is 9.48. The molecule has 5 radical (unpaired) electrons. The fourth-order valence-corrected chi connectivity index (χ4v) is 4.26. The number of H-pyrrole nitrogens is 1. The number of cyclic esters (lactones) is 1. The molecule has 1 aliphatic heterocycles. The van der Waals surface area contributed by atoms with Crippen molar-refractivity contribution in [2.45, 2.75) is 45.4 Å². The Bertz CT molecular complexity index is 964. The quantitative estimate of drug-likeness (QED) is 0.602. The highest BCUT2D eigenvalue weighted by atomic mass is 16.6. The second kappa shape index (κ2) is 7.60. The van der Waals surface area contributed by atoms with Gasteiger partial charge in [-0.25, -0.2) is 4.79 Å². The predicted octanol–water partition coefficient (Wildman–Crippen LogP) is 4.19. The molecule has 5 nitrogen and oxygen atoms in total. The van der Waals surface area contributed by atoms with E-state index in [1.807, 2.05) is 76.9 Å². The lowest BCUT2D eigenvalue weighted by Gasteiger charge is -2.40. The molecular weight excluding hydrogens is 376 g/mol. The Hall–Kier alpha value is -2.56. The van der Waals surface area contributed by atoms with Crippen LogP contribution in [0.2, 0.25) is 0 Å². The molecule has 2 fully saturated rings. The van der Waals surface area contributed by atoms with Crippen LogP contribution in [0.25, 0.3) is 10.9 Å². The third kappa shape index (κ3) is 3.34. The highest BCUT2D eigenvalue weighted by molar-refractivity contribution is 5.95. The lowest BCUT2D eigenvalue weighted by Crippen LogP contribution is -2.58. The fourth-order valence-electron chi connectivity index (χ4n) is 4.26. The van der Waals surface area contributed by atoms with E-state index in [-0.39, 0.29) is 5.91 Å². The molecule has 1 amide bonds. The maximum Gasteiger partial charge on any atom is 0.334 e. The largest absolute Gasteiger partial charge is 0.439 e. The number of fused-ring (bicyclic) bond motifs is 1. The van der Waals surface area contributed by atoms with Crippen molar-refractivity contribution >= 4 is 22.8 Å². The molecule has 4 rings (SSSR count). The van der Waals surface area contributed by atoms with Crippen molar-refractivity contribution < 1.29 is 14.3 Å². The molecule has 1 saturated heterocycles. The number of ether oxygens (including phenoxy) is 1.